The predicted octanol–water partition coefficient (Wildman–Crippen LogP) is 0.412. The summed E-state index contributed by atoms with van der Waals surface area (Å²) in [6.45, 7) is -0.271. The Hall–Kier alpha value is -1.31. The van der Waals surface area contributed by atoms with Gasteiger partial charge in [0.25, 0.3) is 0 Å². The molecule has 116 valence electrons. The van der Waals surface area contributed by atoms with Gasteiger partial charge >= 0.3 is 12.0 Å². The van der Waals surface area contributed by atoms with Gasteiger partial charge in [-0.3, -0.25) is 4.79 Å². The van der Waals surface area contributed by atoms with E-state index < -0.39 is 21.8 Å². The molecule has 0 radical (unpaired) electrons. The van der Waals surface area contributed by atoms with E-state index in [2.05, 4.69) is 0 Å². The molecule has 0 bridgehead atoms. The van der Waals surface area contributed by atoms with Crippen LogP contribution in [0, 0.1) is 0 Å². The van der Waals surface area contributed by atoms with Crippen molar-refractivity contribution >= 4 is 21.8 Å². The fourth-order valence-corrected chi connectivity index (χ4v) is 2.94. The monoisotopic (exact) mass is 306 g/mol. The zero-order valence-electron chi connectivity index (χ0n) is 11.9. The van der Waals surface area contributed by atoms with Crippen LogP contribution in [0.5, 0.6) is 0 Å². The topological polar surface area (TPSA) is 95.0 Å². The molecular weight excluding hydrogens is 284 g/mol. The molecule has 0 aromatic rings. The Morgan fingerprint density at radius 3 is 2.25 bits per heavy atom. The summed E-state index contributed by atoms with van der Waals surface area (Å²) in [5, 5.41) is 8.93. The van der Waals surface area contributed by atoms with Crippen molar-refractivity contribution in [2.75, 3.05) is 32.1 Å². The molecule has 0 aliphatic heterocycles. The van der Waals surface area contributed by atoms with E-state index in [9.17, 15) is 18.0 Å². The van der Waals surface area contributed by atoms with Crippen molar-refractivity contribution in [3.63, 3.8) is 0 Å². The number of nitrogens with zero attached hydrogens (tertiary/aromatic N) is 2. The number of aliphatic carboxylic acids is 1. The van der Waals surface area contributed by atoms with E-state index in [4.69, 9.17) is 5.11 Å². The molecule has 0 aromatic heterocycles. The summed E-state index contributed by atoms with van der Waals surface area (Å²) in [5.41, 5.74) is 0. The normalized spacial score (nSPS) is 16.1. The first kappa shape index (κ1) is 16.7. The third-order valence-corrected chi connectivity index (χ3v) is 4.36. The Kier molecular flexibility index (Phi) is 5.79. The van der Waals surface area contributed by atoms with E-state index in [-0.39, 0.29) is 24.9 Å². The molecule has 8 heteroatoms. The average molecular weight is 306 g/mol. The number of hydrogen-bond donors (Lipinski definition) is 1. The smallest absolute Gasteiger partial charge is 0.323 e. The number of hydrogen-bond acceptors (Lipinski definition) is 4. The number of sulfone groups is 1. The molecule has 1 aliphatic carbocycles. The molecule has 1 rings (SSSR count). The summed E-state index contributed by atoms with van der Waals surface area (Å²) in [7, 11) is -1.65. The second-order valence-electron chi connectivity index (χ2n) is 5.29. The maximum absolute atomic E-state index is 12.3. The molecule has 7 nitrogen and oxygen atoms in total. The number of carbonyl (C=O) groups is 2. The summed E-state index contributed by atoms with van der Waals surface area (Å²) in [6.07, 6.45) is 4.69. The number of amides is 2. The van der Waals surface area contributed by atoms with Gasteiger partial charge in [-0.25, -0.2) is 13.2 Å². The largest absolute Gasteiger partial charge is 0.480 e. The molecule has 0 saturated heterocycles. The van der Waals surface area contributed by atoms with Crippen molar-refractivity contribution < 1.29 is 23.1 Å². The van der Waals surface area contributed by atoms with Crippen molar-refractivity contribution in [1.82, 2.24) is 9.80 Å². The summed E-state index contributed by atoms with van der Waals surface area (Å²) in [4.78, 5) is 25.8. The third-order valence-electron chi connectivity index (χ3n) is 3.44. The predicted molar refractivity (Wildman–Crippen MR) is 74.3 cm³/mol. The van der Waals surface area contributed by atoms with E-state index >= 15 is 0 Å². The van der Waals surface area contributed by atoms with Crippen LogP contribution in [0.15, 0.2) is 0 Å². The van der Waals surface area contributed by atoms with E-state index in [1.165, 1.54) is 16.8 Å². The van der Waals surface area contributed by atoms with Gasteiger partial charge in [0.2, 0.25) is 0 Å². The highest BCUT2D eigenvalue weighted by molar-refractivity contribution is 7.90. The summed E-state index contributed by atoms with van der Waals surface area (Å²) < 4.78 is 22.2. The van der Waals surface area contributed by atoms with Crippen LogP contribution in [-0.4, -0.2) is 73.5 Å². The van der Waals surface area contributed by atoms with Gasteiger partial charge in [0.1, 0.15) is 16.4 Å². The van der Waals surface area contributed by atoms with Crippen LogP contribution in [0.25, 0.3) is 0 Å². The lowest BCUT2D eigenvalue weighted by atomic mass is 10.2. The maximum Gasteiger partial charge on any atom is 0.323 e. The van der Waals surface area contributed by atoms with E-state index in [1.54, 1.807) is 0 Å². The molecule has 1 N–H and O–H groups in total. The Morgan fingerprint density at radius 1 is 1.25 bits per heavy atom. The molecule has 0 spiro atoms. The maximum atomic E-state index is 12.3. The van der Waals surface area contributed by atoms with Crippen LogP contribution in [0.2, 0.25) is 0 Å². The van der Waals surface area contributed by atoms with Crippen molar-refractivity contribution in [3.8, 4) is 0 Å². The molecule has 0 unspecified atom stereocenters. The van der Waals surface area contributed by atoms with Gasteiger partial charge in [-0.05, 0) is 12.8 Å². The van der Waals surface area contributed by atoms with Gasteiger partial charge in [0.05, 0.1) is 5.75 Å². The number of carbonyl (C=O) groups excluding carboxylic acids is 1. The number of rotatable bonds is 6. The van der Waals surface area contributed by atoms with Crippen LogP contribution in [0.3, 0.4) is 0 Å². The van der Waals surface area contributed by atoms with Crippen LogP contribution >= 0.6 is 0 Å². The first-order valence-corrected chi connectivity index (χ1v) is 8.68. The van der Waals surface area contributed by atoms with Crippen molar-refractivity contribution in [3.05, 3.63) is 0 Å². The minimum Gasteiger partial charge on any atom is -0.480 e. The molecule has 2 amide bonds. The van der Waals surface area contributed by atoms with Gasteiger partial charge in [0.15, 0.2) is 0 Å². The highest BCUT2D eigenvalue weighted by Crippen LogP contribution is 2.24. The molecule has 20 heavy (non-hydrogen) atoms. The Morgan fingerprint density at radius 2 is 1.80 bits per heavy atom. The zero-order valence-corrected chi connectivity index (χ0v) is 12.7. The van der Waals surface area contributed by atoms with Gasteiger partial charge in [-0.15, -0.1) is 0 Å². The van der Waals surface area contributed by atoms with E-state index in [0.717, 1.165) is 31.9 Å². The van der Waals surface area contributed by atoms with Crippen LogP contribution in [0.1, 0.15) is 25.7 Å². The highest BCUT2D eigenvalue weighted by atomic mass is 32.2. The van der Waals surface area contributed by atoms with Crippen molar-refractivity contribution in [2.24, 2.45) is 0 Å². The lowest BCUT2D eigenvalue weighted by Crippen LogP contribution is -2.49. The van der Waals surface area contributed by atoms with Crippen molar-refractivity contribution in [2.45, 2.75) is 31.7 Å². The summed E-state index contributed by atoms with van der Waals surface area (Å²) >= 11 is 0. The number of carboxylic acid groups (broad SMARTS) is 1. The third kappa shape index (κ3) is 5.36. The summed E-state index contributed by atoms with van der Waals surface area (Å²) in [6, 6.07) is -0.470. The van der Waals surface area contributed by atoms with Crippen LogP contribution in [-0.2, 0) is 14.6 Å². The fraction of sp³-hybridized carbons (Fsp3) is 0.833. The van der Waals surface area contributed by atoms with Gasteiger partial charge in [-0.1, -0.05) is 12.8 Å². The minimum absolute atomic E-state index is 0.0562. The number of carboxylic acids is 1. The second kappa shape index (κ2) is 6.92. The molecule has 0 atom stereocenters. The standard InChI is InChI=1S/C12H22N2O5S/c1-13(7-8-20(2,18)19)12(17)14(9-11(15)16)10-5-3-4-6-10/h10H,3-9H2,1-2H3,(H,15,16). The Labute approximate surface area is 119 Å². The van der Waals surface area contributed by atoms with Crippen molar-refractivity contribution in [1.29, 1.82) is 0 Å². The first-order chi connectivity index (χ1) is 9.20. The second-order valence-corrected chi connectivity index (χ2v) is 7.55. The van der Waals surface area contributed by atoms with Crippen LogP contribution in [0.4, 0.5) is 4.79 Å². The van der Waals surface area contributed by atoms with Gasteiger partial charge < -0.3 is 14.9 Å². The average Bonchev–Trinajstić information content (AvgIpc) is 2.84. The lowest BCUT2D eigenvalue weighted by Gasteiger charge is -2.31. The quantitative estimate of drug-likeness (QED) is 0.767. The Bertz CT molecular complexity index is 456. The number of urea groups is 1. The van der Waals surface area contributed by atoms with Gasteiger partial charge in [0, 0.05) is 25.9 Å². The van der Waals surface area contributed by atoms with E-state index in [0.29, 0.717) is 0 Å². The SMILES string of the molecule is CN(CCS(C)(=O)=O)C(=O)N(CC(=O)O)C1CCCC1. The Balaban J connectivity index is 2.68. The summed E-state index contributed by atoms with van der Waals surface area (Å²) in [5.74, 6) is -1.18. The molecule has 0 aromatic carbocycles. The molecule has 1 saturated carbocycles. The zero-order chi connectivity index (χ0) is 15.3. The molecular formula is C12H22N2O5S. The fourth-order valence-electron chi connectivity index (χ4n) is 2.33. The lowest BCUT2D eigenvalue weighted by molar-refractivity contribution is -0.138. The molecule has 1 aliphatic rings. The van der Waals surface area contributed by atoms with Gasteiger partial charge in [-0.2, -0.15) is 0 Å². The van der Waals surface area contributed by atoms with Crippen LogP contribution < -0.4 is 0 Å². The molecule has 1 fully saturated rings. The highest BCUT2D eigenvalue weighted by Gasteiger charge is 2.30. The molecule has 0 heterocycles. The minimum atomic E-state index is -3.15. The first-order valence-electron chi connectivity index (χ1n) is 6.62. The van der Waals surface area contributed by atoms with E-state index in [1.807, 2.05) is 0 Å².